The lowest BCUT2D eigenvalue weighted by molar-refractivity contribution is -0.116. The van der Waals surface area contributed by atoms with Crippen LogP contribution in [0.2, 0.25) is 0 Å². The van der Waals surface area contributed by atoms with E-state index in [1.807, 2.05) is 60.0 Å². The van der Waals surface area contributed by atoms with Crippen molar-refractivity contribution in [2.45, 2.75) is 13.5 Å². The third-order valence-electron chi connectivity index (χ3n) is 5.62. The molecular formula is C23H21N7O3. The zero-order chi connectivity index (χ0) is 23.3. The quantitative estimate of drug-likeness (QED) is 0.455. The Bertz CT molecular complexity index is 1660. The highest BCUT2D eigenvalue weighted by Crippen LogP contribution is 2.29. The van der Waals surface area contributed by atoms with Crippen molar-refractivity contribution in [3.8, 4) is 11.3 Å². The molecule has 10 heteroatoms. The largest absolute Gasteiger partial charge is 0.332 e. The number of rotatable bonds is 4. The van der Waals surface area contributed by atoms with Crippen molar-refractivity contribution in [1.82, 2.24) is 28.1 Å². The molecule has 166 valence electrons. The molecule has 4 aromatic heterocycles. The van der Waals surface area contributed by atoms with E-state index in [1.54, 1.807) is 0 Å². The van der Waals surface area contributed by atoms with Crippen LogP contribution in [0.3, 0.4) is 0 Å². The van der Waals surface area contributed by atoms with Gasteiger partial charge in [-0.2, -0.15) is 0 Å². The number of pyridine rings is 1. The average Bonchev–Trinajstić information content (AvgIpc) is 3.38. The summed E-state index contributed by atoms with van der Waals surface area (Å²) in [5.41, 5.74) is 2.70. The van der Waals surface area contributed by atoms with Crippen LogP contribution in [0, 0.1) is 6.92 Å². The van der Waals surface area contributed by atoms with E-state index in [-0.39, 0.29) is 23.6 Å². The van der Waals surface area contributed by atoms with Crippen LogP contribution in [0.15, 0.2) is 64.6 Å². The number of nitrogens with one attached hydrogen (secondary N) is 1. The number of hydrogen-bond acceptors (Lipinski definition) is 5. The van der Waals surface area contributed by atoms with Crippen LogP contribution in [0.1, 0.15) is 5.56 Å². The maximum absolute atomic E-state index is 13.1. The summed E-state index contributed by atoms with van der Waals surface area (Å²) in [4.78, 5) is 46.8. The zero-order valence-corrected chi connectivity index (χ0v) is 18.3. The molecule has 0 bridgehead atoms. The van der Waals surface area contributed by atoms with Gasteiger partial charge in [-0.3, -0.25) is 23.1 Å². The lowest BCUT2D eigenvalue weighted by Gasteiger charge is -2.10. The van der Waals surface area contributed by atoms with Crippen LogP contribution in [0.4, 0.5) is 5.82 Å². The van der Waals surface area contributed by atoms with Crippen molar-refractivity contribution < 1.29 is 4.79 Å². The van der Waals surface area contributed by atoms with E-state index in [9.17, 15) is 14.4 Å². The number of carbonyl (C=O) groups is 1. The second-order valence-electron chi connectivity index (χ2n) is 7.91. The molecule has 0 atom stereocenters. The summed E-state index contributed by atoms with van der Waals surface area (Å²) in [6.45, 7) is 1.82. The molecule has 4 heterocycles. The molecule has 1 amide bonds. The van der Waals surface area contributed by atoms with Crippen LogP contribution in [0.5, 0.6) is 0 Å². The highest BCUT2D eigenvalue weighted by molar-refractivity contribution is 5.95. The number of aromatic nitrogens is 6. The van der Waals surface area contributed by atoms with E-state index in [2.05, 4.69) is 10.3 Å². The fourth-order valence-electron chi connectivity index (χ4n) is 3.91. The highest BCUT2D eigenvalue weighted by atomic mass is 16.2. The van der Waals surface area contributed by atoms with Crippen molar-refractivity contribution in [2.24, 2.45) is 14.1 Å². The number of benzene rings is 1. The van der Waals surface area contributed by atoms with Gasteiger partial charge in [-0.1, -0.05) is 30.3 Å². The minimum absolute atomic E-state index is 0.155. The number of aryl methyl sites for hydroxylation is 2. The smallest absolute Gasteiger partial charge is 0.315 e. The minimum atomic E-state index is -0.506. The van der Waals surface area contributed by atoms with E-state index in [4.69, 9.17) is 4.98 Å². The number of amides is 1. The van der Waals surface area contributed by atoms with Gasteiger partial charge in [-0.05, 0) is 24.6 Å². The number of hydrogen-bond donors (Lipinski definition) is 1. The van der Waals surface area contributed by atoms with E-state index in [0.29, 0.717) is 17.2 Å². The molecular weight excluding hydrogens is 422 g/mol. The zero-order valence-electron chi connectivity index (χ0n) is 18.3. The molecule has 0 saturated carbocycles. The molecule has 1 aromatic carbocycles. The molecule has 5 aromatic rings. The Morgan fingerprint density at radius 1 is 1.06 bits per heavy atom. The highest BCUT2D eigenvalue weighted by Gasteiger charge is 2.19. The summed E-state index contributed by atoms with van der Waals surface area (Å²) in [6.07, 6.45) is 3.25. The van der Waals surface area contributed by atoms with Crippen molar-refractivity contribution in [1.29, 1.82) is 0 Å². The van der Waals surface area contributed by atoms with Gasteiger partial charge in [0.1, 0.15) is 23.7 Å². The van der Waals surface area contributed by atoms with Gasteiger partial charge in [-0.15, -0.1) is 0 Å². The van der Waals surface area contributed by atoms with E-state index in [1.165, 1.54) is 29.6 Å². The topological polar surface area (TPSA) is 108 Å². The number of anilines is 1. The average molecular weight is 443 g/mol. The second kappa shape index (κ2) is 7.59. The molecule has 0 aliphatic rings. The molecule has 0 radical (unpaired) electrons. The van der Waals surface area contributed by atoms with Crippen molar-refractivity contribution in [2.75, 3.05) is 5.32 Å². The van der Waals surface area contributed by atoms with Gasteiger partial charge in [0, 0.05) is 25.9 Å². The van der Waals surface area contributed by atoms with Gasteiger partial charge < -0.3 is 9.88 Å². The fourth-order valence-corrected chi connectivity index (χ4v) is 3.91. The van der Waals surface area contributed by atoms with E-state index in [0.717, 1.165) is 15.7 Å². The molecule has 0 fully saturated rings. The molecule has 33 heavy (non-hydrogen) atoms. The molecule has 1 N–H and O–H groups in total. The lowest BCUT2D eigenvalue weighted by atomic mass is 10.1. The molecule has 5 rings (SSSR count). The first-order chi connectivity index (χ1) is 15.8. The van der Waals surface area contributed by atoms with Crippen molar-refractivity contribution >= 4 is 28.5 Å². The fraction of sp³-hybridized carbons (Fsp3) is 0.174. The van der Waals surface area contributed by atoms with Gasteiger partial charge in [0.25, 0.3) is 5.56 Å². The predicted octanol–water partition coefficient (Wildman–Crippen LogP) is 1.70. The second-order valence-corrected chi connectivity index (χ2v) is 7.91. The van der Waals surface area contributed by atoms with Crippen molar-refractivity contribution in [3.63, 3.8) is 0 Å². The Kier molecular flexibility index (Phi) is 4.70. The first kappa shape index (κ1) is 20.4. The predicted molar refractivity (Wildman–Crippen MR) is 124 cm³/mol. The van der Waals surface area contributed by atoms with Gasteiger partial charge >= 0.3 is 5.69 Å². The van der Waals surface area contributed by atoms with Crippen LogP contribution < -0.4 is 16.6 Å². The van der Waals surface area contributed by atoms with Gasteiger partial charge in [0.15, 0.2) is 11.2 Å². The van der Waals surface area contributed by atoms with Crippen LogP contribution in [-0.2, 0) is 25.4 Å². The Balaban J connectivity index is 1.56. The lowest BCUT2D eigenvalue weighted by Crippen LogP contribution is -2.37. The maximum Gasteiger partial charge on any atom is 0.332 e. The molecule has 0 aliphatic heterocycles. The SMILES string of the molecule is Cc1ccn2c(NC(=O)Cn3cnc4c3c(=O)n(C)c(=O)n4C)c(-c3ccccc3)nc2c1. The standard InChI is InChI=1S/C23H21N7O3/c1-14-9-10-30-16(11-14)25-18(15-7-5-4-6-8-15)20(30)26-17(31)12-29-13-24-21-19(29)22(32)28(3)23(33)27(21)2/h4-11,13H,12H2,1-3H3,(H,26,31). The Morgan fingerprint density at radius 3 is 2.58 bits per heavy atom. The summed E-state index contributed by atoms with van der Waals surface area (Å²) in [5.74, 6) is 0.177. The van der Waals surface area contributed by atoms with Crippen LogP contribution in [0.25, 0.3) is 28.1 Å². The molecule has 0 aliphatic carbocycles. The minimum Gasteiger partial charge on any atom is -0.315 e. The maximum atomic E-state index is 13.1. The number of fused-ring (bicyclic) bond motifs is 2. The Hall–Kier alpha value is -4.47. The molecule has 0 spiro atoms. The van der Waals surface area contributed by atoms with Crippen LogP contribution >= 0.6 is 0 Å². The number of carbonyl (C=O) groups excluding carboxylic acids is 1. The molecule has 10 nitrogen and oxygen atoms in total. The normalized spacial score (nSPS) is 11.4. The summed E-state index contributed by atoms with van der Waals surface area (Å²) >= 11 is 0. The first-order valence-corrected chi connectivity index (χ1v) is 10.3. The first-order valence-electron chi connectivity index (χ1n) is 10.3. The Morgan fingerprint density at radius 2 is 1.82 bits per heavy atom. The summed E-state index contributed by atoms with van der Waals surface area (Å²) in [6, 6.07) is 13.5. The van der Waals surface area contributed by atoms with Crippen molar-refractivity contribution in [3.05, 3.63) is 81.4 Å². The summed E-state index contributed by atoms with van der Waals surface area (Å²) in [5, 5.41) is 2.95. The van der Waals surface area contributed by atoms with Gasteiger partial charge in [-0.25, -0.2) is 14.8 Å². The third-order valence-corrected chi connectivity index (χ3v) is 5.62. The monoisotopic (exact) mass is 443 g/mol. The molecule has 0 saturated heterocycles. The number of nitrogens with zero attached hydrogens (tertiary/aromatic N) is 6. The third kappa shape index (κ3) is 3.32. The number of imidazole rings is 2. The van der Waals surface area contributed by atoms with E-state index < -0.39 is 11.2 Å². The molecule has 0 unspecified atom stereocenters. The van der Waals surface area contributed by atoms with E-state index >= 15 is 0 Å². The van der Waals surface area contributed by atoms with Crippen LogP contribution in [-0.4, -0.2) is 34.0 Å². The summed E-state index contributed by atoms with van der Waals surface area (Å²) in [7, 11) is 2.93. The van der Waals surface area contributed by atoms with Gasteiger partial charge in [0.05, 0.1) is 6.33 Å². The Labute approximate surface area is 187 Å². The summed E-state index contributed by atoms with van der Waals surface area (Å²) < 4.78 is 5.55. The van der Waals surface area contributed by atoms with Gasteiger partial charge in [0.2, 0.25) is 5.91 Å².